The summed E-state index contributed by atoms with van der Waals surface area (Å²) in [5.41, 5.74) is 2.19. The molecule has 0 atom stereocenters. The fourth-order valence-corrected chi connectivity index (χ4v) is 2.14. The molecule has 2 N–H and O–H groups in total. The molecule has 1 aromatic heterocycles. The van der Waals surface area contributed by atoms with Gasteiger partial charge in [-0.25, -0.2) is 0 Å². The Labute approximate surface area is 99.9 Å². The van der Waals surface area contributed by atoms with Crippen LogP contribution in [0.2, 0.25) is 0 Å². The van der Waals surface area contributed by atoms with Gasteiger partial charge in [-0.15, -0.1) is 0 Å². The summed E-state index contributed by atoms with van der Waals surface area (Å²) in [4.78, 5) is 3.24. The first kappa shape index (κ1) is 10.8. The molecule has 17 heavy (non-hydrogen) atoms. The van der Waals surface area contributed by atoms with Gasteiger partial charge in [-0.2, -0.15) is 0 Å². The van der Waals surface area contributed by atoms with Crippen molar-refractivity contribution >= 4 is 10.9 Å². The molecule has 1 aliphatic rings. The molecule has 1 aromatic carbocycles. The number of nitrogens with one attached hydrogen (secondary N) is 2. The zero-order chi connectivity index (χ0) is 11.7. The van der Waals surface area contributed by atoms with E-state index in [1.165, 1.54) is 5.39 Å². The van der Waals surface area contributed by atoms with Gasteiger partial charge in [0.1, 0.15) is 0 Å². The van der Waals surface area contributed by atoms with Gasteiger partial charge in [-0.3, -0.25) is 0 Å². The highest BCUT2D eigenvalue weighted by Crippen LogP contribution is 2.29. The van der Waals surface area contributed by atoms with Gasteiger partial charge in [0.2, 0.25) is 0 Å². The molecule has 4 heteroatoms. The monoisotopic (exact) mass is 232 g/mol. The second-order valence-electron chi connectivity index (χ2n) is 4.27. The number of benzene rings is 1. The zero-order valence-electron chi connectivity index (χ0n) is 9.77. The fraction of sp³-hybridized carbons (Fsp3) is 0.385. The molecule has 0 spiro atoms. The number of rotatable bonds is 2. The van der Waals surface area contributed by atoms with Crippen LogP contribution in [0.3, 0.4) is 0 Å². The number of aromatic nitrogens is 1. The van der Waals surface area contributed by atoms with E-state index in [2.05, 4.69) is 22.4 Å². The first-order chi connectivity index (χ1) is 8.38. The van der Waals surface area contributed by atoms with Crippen molar-refractivity contribution in [3.63, 3.8) is 0 Å². The van der Waals surface area contributed by atoms with Crippen LogP contribution in [0.4, 0.5) is 0 Å². The number of hydrogen-bond donors (Lipinski definition) is 2. The van der Waals surface area contributed by atoms with Crippen molar-refractivity contribution in [2.45, 2.75) is 12.3 Å². The maximum absolute atomic E-state index is 5.73. The molecule has 0 aliphatic carbocycles. The summed E-state index contributed by atoms with van der Waals surface area (Å²) in [5.74, 6) is 0. The summed E-state index contributed by atoms with van der Waals surface area (Å²) >= 11 is 0. The summed E-state index contributed by atoms with van der Waals surface area (Å²) in [5, 5.41) is 4.32. The van der Waals surface area contributed by atoms with Crippen LogP contribution in [0.1, 0.15) is 11.9 Å². The number of fused-ring (bicyclic) bond motifs is 1. The molecule has 0 bridgehead atoms. The molecule has 0 amide bonds. The van der Waals surface area contributed by atoms with E-state index in [0.717, 1.165) is 11.1 Å². The maximum Gasteiger partial charge on any atom is 0.186 e. The highest BCUT2D eigenvalue weighted by molar-refractivity contribution is 5.83. The predicted octanol–water partition coefficient (Wildman–Crippen LogP) is 1.80. The van der Waals surface area contributed by atoms with E-state index in [1.54, 1.807) is 0 Å². The van der Waals surface area contributed by atoms with Crippen molar-refractivity contribution in [1.82, 2.24) is 10.3 Å². The van der Waals surface area contributed by atoms with Crippen LogP contribution in [-0.2, 0) is 9.47 Å². The normalized spacial score (nSPS) is 25.2. The summed E-state index contributed by atoms with van der Waals surface area (Å²) in [7, 11) is 1.92. The lowest BCUT2D eigenvalue weighted by molar-refractivity contribution is -0.192. The van der Waals surface area contributed by atoms with Crippen LogP contribution >= 0.6 is 0 Å². The Kier molecular flexibility index (Phi) is 2.84. The molecule has 1 aliphatic heterocycles. The number of H-pyrrole nitrogens is 1. The van der Waals surface area contributed by atoms with Gasteiger partial charge in [0.15, 0.2) is 6.29 Å². The van der Waals surface area contributed by atoms with Crippen LogP contribution in [0, 0.1) is 0 Å². The summed E-state index contributed by atoms with van der Waals surface area (Å²) < 4.78 is 11.5. The average Bonchev–Trinajstić information content (AvgIpc) is 2.83. The van der Waals surface area contributed by atoms with E-state index in [0.29, 0.717) is 13.2 Å². The topological polar surface area (TPSA) is 46.3 Å². The number of ether oxygens (including phenoxy) is 2. The Morgan fingerprint density at radius 2 is 2.00 bits per heavy atom. The minimum atomic E-state index is -0.254. The molecule has 0 radical (unpaired) electrons. The van der Waals surface area contributed by atoms with E-state index in [1.807, 2.05) is 25.4 Å². The quantitative estimate of drug-likeness (QED) is 0.830. The van der Waals surface area contributed by atoms with Crippen molar-refractivity contribution in [1.29, 1.82) is 0 Å². The third-order valence-electron chi connectivity index (χ3n) is 3.18. The van der Waals surface area contributed by atoms with Gasteiger partial charge in [-0.1, -0.05) is 18.2 Å². The maximum atomic E-state index is 5.73. The van der Waals surface area contributed by atoms with Crippen LogP contribution in [0.25, 0.3) is 10.9 Å². The predicted molar refractivity (Wildman–Crippen MR) is 65.8 cm³/mol. The van der Waals surface area contributed by atoms with E-state index < -0.39 is 0 Å². The molecule has 0 unspecified atom stereocenters. The molecular weight excluding hydrogens is 216 g/mol. The number of hydrogen-bond acceptors (Lipinski definition) is 3. The largest absolute Gasteiger partial charge is 0.361 e. The zero-order valence-corrected chi connectivity index (χ0v) is 9.77. The number of likely N-dealkylation sites (N-methyl/N-ethyl adjacent to an activating group) is 1. The third-order valence-corrected chi connectivity index (χ3v) is 3.18. The third kappa shape index (κ3) is 1.95. The summed E-state index contributed by atoms with van der Waals surface area (Å²) in [6.45, 7) is 1.36. The number of para-hydroxylation sites is 1. The minimum absolute atomic E-state index is 0.254. The first-order valence-electron chi connectivity index (χ1n) is 5.85. The lowest BCUT2D eigenvalue weighted by Gasteiger charge is -2.28. The van der Waals surface area contributed by atoms with Crippen LogP contribution in [-0.4, -0.2) is 31.3 Å². The van der Waals surface area contributed by atoms with Crippen molar-refractivity contribution < 1.29 is 9.47 Å². The first-order valence-corrected chi connectivity index (χ1v) is 5.85. The fourth-order valence-electron chi connectivity index (χ4n) is 2.14. The Morgan fingerprint density at radius 3 is 2.76 bits per heavy atom. The standard InChI is InChI=1S/C13H16N2O2/c1-14-9-7-16-13(17-8-9)11-6-15-12-5-3-2-4-10(11)12/h2-6,9,13-15H,7-8H2,1H3. The summed E-state index contributed by atoms with van der Waals surface area (Å²) in [6.07, 6.45) is 1.71. The molecule has 1 fully saturated rings. The van der Waals surface area contributed by atoms with Gasteiger partial charge in [0.05, 0.1) is 19.3 Å². The van der Waals surface area contributed by atoms with Gasteiger partial charge >= 0.3 is 0 Å². The van der Waals surface area contributed by atoms with Crippen molar-refractivity contribution in [2.75, 3.05) is 20.3 Å². The molecule has 2 heterocycles. The highest BCUT2D eigenvalue weighted by Gasteiger charge is 2.24. The Bertz CT molecular complexity index is 501. The second-order valence-corrected chi connectivity index (χ2v) is 4.27. The van der Waals surface area contributed by atoms with Crippen molar-refractivity contribution in [2.24, 2.45) is 0 Å². The molecule has 3 rings (SSSR count). The molecule has 2 aromatic rings. The van der Waals surface area contributed by atoms with E-state index in [4.69, 9.17) is 9.47 Å². The minimum Gasteiger partial charge on any atom is -0.361 e. The molecular formula is C13H16N2O2. The Morgan fingerprint density at radius 1 is 1.24 bits per heavy atom. The Hall–Kier alpha value is -1.36. The van der Waals surface area contributed by atoms with Gasteiger partial charge in [0, 0.05) is 22.7 Å². The van der Waals surface area contributed by atoms with Gasteiger partial charge < -0.3 is 19.8 Å². The van der Waals surface area contributed by atoms with Gasteiger partial charge in [0.25, 0.3) is 0 Å². The van der Waals surface area contributed by atoms with Crippen LogP contribution in [0.15, 0.2) is 30.5 Å². The van der Waals surface area contributed by atoms with Crippen molar-refractivity contribution in [3.05, 3.63) is 36.0 Å². The van der Waals surface area contributed by atoms with Crippen LogP contribution < -0.4 is 5.32 Å². The van der Waals surface area contributed by atoms with E-state index >= 15 is 0 Å². The molecule has 1 saturated heterocycles. The average molecular weight is 232 g/mol. The second kappa shape index (κ2) is 4.49. The van der Waals surface area contributed by atoms with E-state index in [9.17, 15) is 0 Å². The molecule has 0 saturated carbocycles. The SMILES string of the molecule is CNC1COC(c2c[nH]c3ccccc23)OC1. The number of aromatic amines is 1. The van der Waals surface area contributed by atoms with Gasteiger partial charge in [-0.05, 0) is 13.1 Å². The van der Waals surface area contributed by atoms with Crippen LogP contribution in [0.5, 0.6) is 0 Å². The highest BCUT2D eigenvalue weighted by atomic mass is 16.7. The molecule has 4 nitrogen and oxygen atoms in total. The lowest BCUT2D eigenvalue weighted by atomic mass is 10.1. The molecule has 90 valence electrons. The summed E-state index contributed by atoms with van der Waals surface area (Å²) in [6, 6.07) is 8.47. The smallest absolute Gasteiger partial charge is 0.186 e. The van der Waals surface area contributed by atoms with Crippen molar-refractivity contribution in [3.8, 4) is 0 Å². The lowest BCUT2D eigenvalue weighted by Crippen LogP contribution is -2.40. The Balaban J connectivity index is 1.85. The van der Waals surface area contributed by atoms with E-state index in [-0.39, 0.29) is 12.3 Å².